The second kappa shape index (κ2) is 4.70. The van der Waals surface area contributed by atoms with Crippen molar-refractivity contribution in [3.63, 3.8) is 0 Å². The number of nitrogens with zero attached hydrogens (tertiary/aromatic N) is 1. The molecule has 6 heteroatoms. The van der Waals surface area contributed by atoms with Crippen LogP contribution in [0, 0.1) is 13.8 Å². The third-order valence-electron chi connectivity index (χ3n) is 3.00. The average molecular weight is 269 g/mol. The van der Waals surface area contributed by atoms with Gasteiger partial charge in [-0.3, -0.25) is 5.10 Å². The summed E-state index contributed by atoms with van der Waals surface area (Å²) in [5, 5.41) is 5.86. The largest absolute Gasteiger partial charge is 0.433 e. The highest BCUT2D eigenvalue weighted by atomic mass is 19.4. The third-order valence-corrected chi connectivity index (χ3v) is 3.00. The van der Waals surface area contributed by atoms with Crippen LogP contribution in [-0.2, 0) is 12.7 Å². The number of hydrogen-bond donors (Lipinski definition) is 2. The van der Waals surface area contributed by atoms with Crippen molar-refractivity contribution in [2.75, 3.05) is 0 Å². The Labute approximate surface area is 108 Å². The van der Waals surface area contributed by atoms with E-state index >= 15 is 0 Å². The molecule has 0 aliphatic rings. The van der Waals surface area contributed by atoms with Crippen LogP contribution in [0.25, 0.3) is 11.3 Å². The Bertz CT molecular complexity index is 600. The molecule has 0 atom stereocenters. The maximum absolute atomic E-state index is 12.8. The van der Waals surface area contributed by atoms with E-state index in [4.69, 9.17) is 5.73 Å². The van der Waals surface area contributed by atoms with Crippen LogP contribution in [0.2, 0.25) is 0 Å². The Balaban J connectivity index is 2.64. The number of aryl methyl sites for hydroxylation is 2. The van der Waals surface area contributed by atoms with Crippen molar-refractivity contribution >= 4 is 0 Å². The number of nitrogens with two attached hydrogens (primary N) is 1. The first-order chi connectivity index (χ1) is 8.84. The molecule has 0 aliphatic heterocycles. The van der Waals surface area contributed by atoms with Gasteiger partial charge in [0.15, 0.2) is 0 Å². The second-order valence-corrected chi connectivity index (χ2v) is 4.45. The normalized spacial score (nSPS) is 11.9. The summed E-state index contributed by atoms with van der Waals surface area (Å²) in [5.74, 6) is 0. The second-order valence-electron chi connectivity index (χ2n) is 4.45. The lowest BCUT2D eigenvalue weighted by Crippen LogP contribution is -2.11. The van der Waals surface area contributed by atoms with E-state index in [0.29, 0.717) is 5.56 Å². The van der Waals surface area contributed by atoms with Crippen LogP contribution in [0.4, 0.5) is 13.2 Å². The number of H-pyrrole nitrogens is 1. The van der Waals surface area contributed by atoms with Gasteiger partial charge in [0.1, 0.15) is 5.69 Å². The van der Waals surface area contributed by atoms with E-state index < -0.39 is 11.9 Å². The van der Waals surface area contributed by atoms with Crippen LogP contribution in [0.1, 0.15) is 22.4 Å². The molecule has 1 aromatic carbocycles. The molecular weight excluding hydrogens is 255 g/mol. The maximum atomic E-state index is 12.8. The van der Waals surface area contributed by atoms with E-state index in [0.717, 1.165) is 11.1 Å². The minimum absolute atomic E-state index is 0.00111. The van der Waals surface area contributed by atoms with Gasteiger partial charge in [-0.05, 0) is 25.5 Å². The molecule has 3 N–H and O–H groups in total. The molecular formula is C13H14F3N3. The van der Waals surface area contributed by atoms with E-state index in [2.05, 4.69) is 10.2 Å². The highest BCUT2D eigenvalue weighted by Crippen LogP contribution is 2.35. The van der Waals surface area contributed by atoms with E-state index in [1.54, 1.807) is 0 Å². The summed E-state index contributed by atoms with van der Waals surface area (Å²) in [6.45, 7) is 3.49. The van der Waals surface area contributed by atoms with Gasteiger partial charge in [0, 0.05) is 17.7 Å². The van der Waals surface area contributed by atoms with Crippen molar-refractivity contribution in [3.05, 3.63) is 40.6 Å². The lowest BCUT2D eigenvalue weighted by atomic mass is 9.99. The lowest BCUT2D eigenvalue weighted by molar-refractivity contribution is -0.141. The standard InChI is InChI=1S/C13H14F3N3/c1-7-3-4-8(2)9(5-7)11-10(6-17)12(19-18-11)13(14,15)16/h3-5H,6,17H2,1-2H3,(H,18,19). The summed E-state index contributed by atoms with van der Waals surface area (Å²) >= 11 is 0. The van der Waals surface area contributed by atoms with E-state index in [1.165, 1.54) is 0 Å². The first-order valence-corrected chi connectivity index (χ1v) is 5.76. The van der Waals surface area contributed by atoms with Gasteiger partial charge in [0.2, 0.25) is 0 Å². The predicted molar refractivity (Wildman–Crippen MR) is 66.4 cm³/mol. The topological polar surface area (TPSA) is 54.7 Å². The summed E-state index contributed by atoms with van der Waals surface area (Å²) in [5.41, 5.74) is 7.36. The number of alkyl halides is 3. The third kappa shape index (κ3) is 2.49. The molecule has 19 heavy (non-hydrogen) atoms. The molecule has 0 radical (unpaired) electrons. The summed E-state index contributed by atoms with van der Waals surface area (Å²) < 4.78 is 38.5. The zero-order chi connectivity index (χ0) is 14.2. The SMILES string of the molecule is Cc1ccc(C)c(-c2n[nH]c(C(F)(F)F)c2CN)c1. The minimum atomic E-state index is -4.47. The quantitative estimate of drug-likeness (QED) is 0.879. The van der Waals surface area contributed by atoms with Crippen LogP contribution in [0.3, 0.4) is 0 Å². The Morgan fingerprint density at radius 3 is 2.53 bits per heavy atom. The van der Waals surface area contributed by atoms with Gasteiger partial charge in [-0.1, -0.05) is 17.7 Å². The van der Waals surface area contributed by atoms with Crippen LogP contribution in [-0.4, -0.2) is 10.2 Å². The monoisotopic (exact) mass is 269 g/mol. The van der Waals surface area contributed by atoms with Gasteiger partial charge in [-0.2, -0.15) is 18.3 Å². The number of nitrogens with one attached hydrogen (secondary N) is 1. The molecule has 0 bridgehead atoms. The number of aromatic nitrogens is 2. The summed E-state index contributed by atoms with van der Waals surface area (Å²) in [6.07, 6.45) is -4.47. The van der Waals surface area contributed by atoms with Crippen molar-refractivity contribution in [3.8, 4) is 11.3 Å². The smallest absolute Gasteiger partial charge is 0.326 e. The van der Waals surface area contributed by atoms with Gasteiger partial charge >= 0.3 is 6.18 Å². The fraction of sp³-hybridized carbons (Fsp3) is 0.308. The van der Waals surface area contributed by atoms with Crippen molar-refractivity contribution in [2.24, 2.45) is 5.73 Å². The van der Waals surface area contributed by atoms with Crippen molar-refractivity contribution in [1.82, 2.24) is 10.2 Å². The summed E-state index contributed by atoms with van der Waals surface area (Å²) in [6, 6.07) is 5.57. The highest BCUT2D eigenvalue weighted by Gasteiger charge is 2.37. The van der Waals surface area contributed by atoms with Crippen LogP contribution in [0.5, 0.6) is 0 Å². The van der Waals surface area contributed by atoms with Gasteiger partial charge in [0.05, 0.1) is 5.69 Å². The fourth-order valence-corrected chi connectivity index (χ4v) is 2.01. The van der Waals surface area contributed by atoms with Crippen LogP contribution in [0.15, 0.2) is 18.2 Å². The molecule has 0 aliphatic carbocycles. The van der Waals surface area contributed by atoms with E-state index in [-0.39, 0.29) is 17.8 Å². The molecule has 0 saturated carbocycles. The van der Waals surface area contributed by atoms with Gasteiger partial charge in [-0.15, -0.1) is 0 Å². The Kier molecular flexibility index (Phi) is 3.36. The molecule has 2 rings (SSSR count). The summed E-state index contributed by atoms with van der Waals surface area (Å²) in [7, 11) is 0. The average Bonchev–Trinajstić information content (AvgIpc) is 2.75. The fourth-order valence-electron chi connectivity index (χ4n) is 2.01. The Morgan fingerprint density at radius 2 is 1.95 bits per heavy atom. The number of halogens is 3. The Hall–Kier alpha value is -1.82. The number of hydrogen-bond acceptors (Lipinski definition) is 2. The van der Waals surface area contributed by atoms with Gasteiger partial charge in [0.25, 0.3) is 0 Å². The molecule has 0 unspecified atom stereocenters. The van der Waals surface area contributed by atoms with Crippen molar-refractivity contribution in [2.45, 2.75) is 26.6 Å². The molecule has 0 amide bonds. The van der Waals surface area contributed by atoms with Gasteiger partial charge in [-0.25, -0.2) is 0 Å². The lowest BCUT2D eigenvalue weighted by Gasteiger charge is -2.09. The highest BCUT2D eigenvalue weighted by molar-refractivity contribution is 5.68. The van der Waals surface area contributed by atoms with E-state index in [9.17, 15) is 13.2 Å². The first kappa shape index (κ1) is 13.6. The molecule has 1 aromatic heterocycles. The Morgan fingerprint density at radius 1 is 1.26 bits per heavy atom. The van der Waals surface area contributed by atoms with Gasteiger partial charge < -0.3 is 5.73 Å². The molecule has 3 nitrogen and oxygen atoms in total. The minimum Gasteiger partial charge on any atom is -0.326 e. The first-order valence-electron chi connectivity index (χ1n) is 5.76. The zero-order valence-electron chi connectivity index (χ0n) is 10.6. The van der Waals surface area contributed by atoms with Crippen LogP contribution < -0.4 is 5.73 Å². The number of benzene rings is 1. The number of aromatic amines is 1. The maximum Gasteiger partial charge on any atom is 0.433 e. The molecule has 0 saturated heterocycles. The molecule has 102 valence electrons. The predicted octanol–water partition coefficient (Wildman–Crippen LogP) is 3.17. The number of rotatable bonds is 2. The van der Waals surface area contributed by atoms with E-state index in [1.807, 2.05) is 32.0 Å². The molecule has 2 aromatic rings. The van der Waals surface area contributed by atoms with Crippen molar-refractivity contribution in [1.29, 1.82) is 0 Å². The molecule has 1 heterocycles. The van der Waals surface area contributed by atoms with Crippen molar-refractivity contribution < 1.29 is 13.2 Å². The zero-order valence-corrected chi connectivity index (χ0v) is 10.6. The summed E-state index contributed by atoms with van der Waals surface area (Å²) in [4.78, 5) is 0. The molecule has 0 spiro atoms. The van der Waals surface area contributed by atoms with Crippen LogP contribution >= 0.6 is 0 Å². The molecule has 0 fully saturated rings.